The van der Waals surface area contributed by atoms with E-state index in [1.807, 2.05) is 6.08 Å². The predicted molar refractivity (Wildman–Crippen MR) is 41.8 cm³/mol. The fourth-order valence-electron chi connectivity index (χ4n) is 0.673. The first-order valence-electron chi connectivity index (χ1n) is 2.65. The van der Waals surface area contributed by atoms with Crippen LogP contribution >= 0.6 is 27.5 Å². The average molecular weight is 209 g/mol. The standard InChI is InChI=1S/C6H6BrClO/c7-4-2-1-3-5(9)6(4)8/h2,9H,1,3H2. The minimum atomic E-state index is 0.283. The molecule has 0 fully saturated rings. The van der Waals surface area contributed by atoms with Gasteiger partial charge in [0.1, 0.15) is 5.76 Å². The Morgan fingerprint density at radius 1 is 1.67 bits per heavy atom. The largest absolute Gasteiger partial charge is 0.511 e. The number of rotatable bonds is 0. The average Bonchev–Trinajstić information content (AvgIpc) is 1.83. The Kier molecular flexibility index (Phi) is 2.19. The van der Waals surface area contributed by atoms with Gasteiger partial charge < -0.3 is 5.11 Å². The molecule has 0 heterocycles. The van der Waals surface area contributed by atoms with Crippen LogP contribution in [0.2, 0.25) is 0 Å². The zero-order valence-electron chi connectivity index (χ0n) is 4.69. The van der Waals surface area contributed by atoms with Gasteiger partial charge in [-0.15, -0.1) is 0 Å². The molecule has 1 rings (SSSR count). The number of aliphatic hydroxyl groups excluding tert-OH is 1. The van der Waals surface area contributed by atoms with Crippen LogP contribution in [0.3, 0.4) is 0 Å². The van der Waals surface area contributed by atoms with E-state index in [-0.39, 0.29) is 5.76 Å². The summed E-state index contributed by atoms with van der Waals surface area (Å²) in [6.45, 7) is 0. The van der Waals surface area contributed by atoms with Gasteiger partial charge in [0.25, 0.3) is 0 Å². The lowest BCUT2D eigenvalue weighted by molar-refractivity contribution is 0.385. The van der Waals surface area contributed by atoms with Gasteiger partial charge in [-0.1, -0.05) is 17.7 Å². The highest BCUT2D eigenvalue weighted by Crippen LogP contribution is 2.30. The summed E-state index contributed by atoms with van der Waals surface area (Å²) in [6, 6.07) is 0. The summed E-state index contributed by atoms with van der Waals surface area (Å²) in [6.07, 6.45) is 3.47. The van der Waals surface area contributed by atoms with E-state index in [1.54, 1.807) is 0 Å². The minimum Gasteiger partial charge on any atom is -0.511 e. The highest BCUT2D eigenvalue weighted by molar-refractivity contribution is 9.12. The molecule has 0 saturated carbocycles. The second-order valence-corrected chi connectivity index (χ2v) is 3.08. The summed E-state index contributed by atoms with van der Waals surface area (Å²) < 4.78 is 0.799. The SMILES string of the molecule is OC1=C(Cl)C(Br)=CCC1. The monoisotopic (exact) mass is 208 g/mol. The molecule has 0 radical (unpaired) electrons. The molecule has 1 aliphatic rings. The zero-order valence-corrected chi connectivity index (χ0v) is 7.04. The molecule has 0 bridgehead atoms. The Bertz CT molecular complexity index is 183. The van der Waals surface area contributed by atoms with Gasteiger partial charge in [0.15, 0.2) is 0 Å². The third-order valence-electron chi connectivity index (χ3n) is 1.17. The summed E-state index contributed by atoms with van der Waals surface area (Å²) in [5.74, 6) is 0.283. The number of hydrogen-bond donors (Lipinski definition) is 1. The van der Waals surface area contributed by atoms with Crippen molar-refractivity contribution in [2.45, 2.75) is 12.8 Å². The van der Waals surface area contributed by atoms with Crippen LogP contribution < -0.4 is 0 Å². The van der Waals surface area contributed by atoms with E-state index in [0.29, 0.717) is 11.5 Å². The van der Waals surface area contributed by atoms with Crippen LogP contribution in [0.4, 0.5) is 0 Å². The molecule has 0 aromatic rings. The molecular formula is C6H6BrClO. The molecular weight excluding hydrogens is 203 g/mol. The van der Waals surface area contributed by atoms with E-state index >= 15 is 0 Å². The van der Waals surface area contributed by atoms with E-state index in [1.165, 1.54) is 0 Å². The highest BCUT2D eigenvalue weighted by atomic mass is 79.9. The number of halogens is 2. The lowest BCUT2D eigenvalue weighted by Gasteiger charge is -2.07. The summed E-state index contributed by atoms with van der Waals surface area (Å²) >= 11 is 8.84. The van der Waals surface area contributed by atoms with E-state index in [4.69, 9.17) is 16.7 Å². The first-order valence-corrected chi connectivity index (χ1v) is 3.82. The number of hydrogen-bond acceptors (Lipinski definition) is 1. The fraction of sp³-hybridized carbons (Fsp3) is 0.333. The molecule has 0 atom stereocenters. The van der Waals surface area contributed by atoms with Gasteiger partial charge in [-0.2, -0.15) is 0 Å². The van der Waals surface area contributed by atoms with Gasteiger partial charge >= 0.3 is 0 Å². The summed E-state index contributed by atoms with van der Waals surface area (Å²) in [5, 5.41) is 9.47. The van der Waals surface area contributed by atoms with Gasteiger partial charge in [0.05, 0.1) is 5.03 Å². The fourth-order valence-corrected chi connectivity index (χ4v) is 1.30. The lowest BCUT2D eigenvalue weighted by atomic mass is 10.2. The van der Waals surface area contributed by atoms with Crippen molar-refractivity contribution in [3.8, 4) is 0 Å². The summed E-state index contributed by atoms with van der Waals surface area (Å²) in [5.41, 5.74) is 0. The molecule has 0 saturated heterocycles. The van der Waals surface area contributed by atoms with E-state index in [0.717, 1.165) is 10.9 Å². The Morgan fingerprint density at radius 3 is 2.78 bits per heavy atom. The second-order valence-electron chi connectivity index (χ2n) is 1.85. The predicted octanol–water partition coefficient (Wildman–Crippen LogP) is 3.07. The molecule has 3 heteroatoms. The van der Waals surface area contributed by atoms with Crippen molar-refractivity contribution in [3.05, 3.63) is 21.3 Å². The highest BCUT2D eigenvalue weighted by Gasteiger charge is 2.09. The number of allylic oxidation sites excluding steroid dienone is 4. The first-order chi connectivity index (χ1) is 4.22. The Morgan fingerprint density at radius 2 is 2.33 bits per heavy atom. The third-order valence-corrected chi connectivity index (χ3v) is 2.54. The Labute approximate surface area is 67.1 Å². The molecule has 1 N–H and O–H groups in total. The first kappa shape index (κ1) is 7.16. The molecule has 1 aliphatic carbocycles. The Balaban J connectivity index is 2.88. The van der Waals surface area contributed by atoms with Crippen LogP contribution in [-0.4, -0.2) is 5.11 Å². The van der Waals surface area contributed by atoms with Crippen molar-refractivity contribution in [1.82, 2.24) is 0 Å². The normalized spacial score (nSPS) is 20.0. The topological polar surface area (TPSA) is 20.2 Å². The van der Waals surface area contributed by atoms with Crippen molar-refractivity contribution in [2.24, 2.45) is 0 Å². The van der Waals surface area contributed by atoms with Crippen LogP contribution in [0.15, 0.2) is 21.3 Å². The maximum absolute atomic E-state index is 9.02. The Hall–Kier alpha value is 0.0500. The molecule has 0 unspecified atom stereocenters. The van der Waals surface area contributed by atoms with Crippen molar-refractivity contribution in [3.63, 3.8) is 0 Å². The summed E-state index contributed by atoms with van der Waals surface area (Å²) in [4.78, 5) is 0. The molecule has 0 amide bonds. The molecule has 1 nitrogen and oxygen atoms in total. The van der Waals surface area contributed by atoms with Crippen LogP contribution in [-0.2, 0) is 0 Å². The quantitative estimate of drug-likeness (QED) is 0.650. The van der Waals surface area contributed by atoms with E-state index < -0.39 is 0 Å². The van der Waals surface area contributed by atoms with Gasteiger partial charge in [-0.25, -0.2) is 0 Å². The van der Waals surface area contributed by atoms with Crippen molar-refractivity contribution in [1.29, 1.82) is 0 Å². The third kappa shape index (κ3) is 1.49. The van der Waals surface area contributed by atoms with Crippen LogP contribution in [0.1, 0.15) is 12.8 Å². The van der Waals surface area contributed by atoms with Crippen LogP contribution in [0.5, 0.6) is 0 Å². The minimum absolute atomic E-state index is 0.283. The molecule has 0 spiro atoms. The molecule has 50 valence electrons. The molecule has 0 aromatic carbocycles. The van der Waals surface area contributed by atoms with Crippen LogP contribution in [0, 0.1) is 0 Å². The zero-order chi connectivity index (χ0) is 6.85. The van der Waals surface area contributed by atoms with Gasteiger partial charge in [-0.05, 0) is 22.4 Å². The molecule has 0 aromatic heterocycles. The van der Waals surface area contributed by atoms with Crippen molar-refractivity contribution < 1.29 is 5.11 Å². The molecule has 0 aliphatic heterocycles. The van der Waals surface area contributed by atoms with Gasteiger partial charge in [0, 0.05) is 10.9 Å². The van der Waals surface area contributed by atoms with Gasteiger partial charge in [0.2, 0.25) is 0 Å². The molecule has 9 heavy (non-hydrogen) atoms. The van der Waals surface area contributed by atoms with Gasteiger partial charge in [-0.3, -0.25) is 0 Å². The smallest absolute Gasteiger partial charge is 0.112 e. The maximum Gasteiger partial charge on any atom is 0.112 e. The van der Waals surface area contributed by atoms with Crippen molar-refractivity contribution >= 4 is 27.5 Å². The summed E-state index contributed by atoms with van der Waals surface area (Å²) in [7, 11) is 0. The lowest BCUT2D eigenvalue weighted by Crippen LogP contribution is -1.91. The second kappa shape index (κ2) is 2.76. The van der Waals surface area contributed by atoms with Crippen LogP contribution in [0.25, 0.3) is 0 Å². The van der Waals surface area contributed by atoms with E-state index in [2.05, 4.69) is 15.9 Å². The maximum atomic E-state index is 9.02. The van der Waals surface area contributed by atoms with Crippen molar-refractivity contribution in [2.75, 3.05) is 0 Å². The number of aliphatic hydroxyl groups is 1. The van der Waals surface area contributed by atoms with E-state index in [9.17, 15) is 0 Å².